The van der Waals surface area contributed by atoms with Gasteiger partial charge < -0.3 is 20.6 Å². The highest BCUT2D eigenvalue weighted by molar-refractivity contribution is 5.95. The Kier molecular flexibility index (Phi) is 3.34. The van der Waals surface area contributed by atoms with Crippen LogP contribution in [-0.4, -0.2) is 22.5 Å². The summed E-state index contributed by atoms with van der Waals surface area (Å²) in [5.74, 6) is -1.17. The second-order valence-electron chi connectivity index (χ2n) is 3.85. The average molecular weight is 226 g/mol. The van der Waals surface area contributed by atoms with Gasteiger partial charge in [0.05, 0.1) is 6.54 Å². The molecule has 0 aromatic carbocycles. The van der Waals surface area contributed by atoms with Crippen LogP contribution in [0.4, 0.5) is 0 Å². The Bertz CT molecular complexity index is 409. The molecule has 1 heterocycles. The molecule has 0 bridgehead atoms. The van der Waals surface area contributed by atoms with E-state index in [2.05, 4.69) is 5.32 Å². The van der Waals surface area contributed by atoms with Crippen LogP contribution in [0, 0.1) is 0 Å². The maximum Gasteiger partial charge on any atom is 0.328 e. The largest absolute Gasteiger partial charge is 0.480 e. The summed E-state index contributed by atoms with van der Waals surface area (Å²) in [4.78, 5) is 22.4. The Morgan fingerprint density at radius 2 is 2.12 bits per heavy atom. The van der Waals surface area contributed by atoms with Crippen molar-refractivity contribution in [3.8, 4) is 0 Å². The SMILES string of the molecule is CC(C)(NC(=O)c1ccc(CN)o1)C(=O)O. The minimum absolute atomic E-state index is 0.0507. The summed E-state index contributed by atoms with van der Waals surface area (Å²) in [6, 6.07) is 3.03. The molecular formula is C10H14N2O4. The molecule has 1 rings (SSSR count). The lowest BCUT2D eigenvalue weighted by Gasteiger charge is -2.19. The predicted molar refractivity (Wildman–Crippen MR) is 55.8 cm³/mol. The van der Waals surface area contributed by atoms with E-state index in [4.69, 9.17) is 15.3 Å². The summed E-state index contributed by atoms with van der Waals surface area (Å²) in [5, 5.41) is 11.2. The first-order valence-electron chi connectivity index (χ1n) is 4.71. The lowest BCUT2D eigenvalue weighted by Crippen LogP contribution is -2.49. The second kappa shape index (κ2) is 4.36. The van der Waals surface area contributed by atoms with E-state index in [-0.39, 0.29) is 12.3 Å². The number of rotatable bonds is 4. The van der Waals surface area contributed by atoms with Crippen molar-refractivity contribution in [3.63, 3.8) is 0 Å². The van der Waals surface area contributed by atoms with Crippen molar-refractivity contribution in [1.82, 2.24) is 5.32 Å². The molecule has 0 aliphatic heterocycles. The van der Waals surface area contributed by atoms with E-state index in [1.165, 1.54) is 19.9 Å². The van der Waals surface area contributed by atoms with Gasteiger partial charge in [0.2, 0.25) is 0 Å². The number of carbonyl (C=O) groups excluding carboxylic acids is 1. The Labute approximate surface area is 92.4 Å². The molecule has 0 atom stereocenters. The van der Waals surface area contributed by atoms with Crippen molar-refractivity contribution in [2.75, 3.05) is 0 Å². The Hall–Kier alpha value is -1.82. The zero-order valence-electron chi connectivity index (χ0n) is 9.11. The summed E-state index contributed by atoms with van der Waals surface area (Å²) < 4.78 is 5.09. The molecular weight excluding hydrogens is 212 g/mol. The zero-order valence-corrected chi connectivity index (χ0v) is 9.11. The monoisotopic (exact) mass is 226 g/mol. The Balaban J connectivity index is 2.76. The van der Waals surface area contributed by atoms with Gasteiger partial charge in [-0.3, -0.25) is 4.79 Å². The quantitative estimate of drug-likeness (QED) is 0.686. The van der Waals surface area contributed by atoms with Crippen LogP contribution in [0.1, 0.15) is 30.2 Å². The van der Waals surface area contributed by atoms with Crippen molar-refractivity contribution in [3.05, 3.63) is 23.7 Å². The van der Waals surface area contributed by atoms with Crippen LogP contribution in [0.2, 0.25) is 0 Å². The van der Waals surface area contributed by atoms with Crippen LogP contribution in [-0.2, 0) is 11.3 Å². The highest BCUT2D eigenvalue weighted by atomic mass is 16.4. The molecule has 0 fully saturated rings. The first-order valence-corrected chi connectivity index (χ1v) is 4.71. The number of carbonyl (C=O) groups is 2. The standard InChI is InChI=1S/C10H14N2O4/c1-10(2,9(14)15)12-8(13)7-4-3-6(5-11)16-7/h3-4H,5,11H2,1-2H3,(H,12,13)(H,14,15). The molecule has 6 nitrogen and oxygen atoms in total. The molecule has 0 saturated carbocycles. The van der Waals surface area contributed by atoms with Gasteiger partial charge in [-0.05, 0) is 26.0 Å². The van der Waals surface area contributed by atoms with E-state index < -0.39 is 17.4 Å². The number of aliphatic carboxylic acids is 1. The van der Waals surface area contributed by atoms with Crippen LogP contribution < -0.4 is 11.1 Å². The van der Waals surface area contributed by atoms with E-state index >= 15 is 0 Å². The normalized spacial score (nSPS) is 11.2. The smallest absolute Gasteiger partial charge is 0.328 e. The molecule has 0 radical (unpaired) electrons. The fraction of sp³-hybridized carbons (Fsp3) is 0.400. The van der Waals surface area contributed by atoms with E-state index in [0.717, 1.165) is 0 Å². The zero-order chi connectivity index (χ0) is 12.3. The van der Waals surface area contributed by atoms with Crippen molar-refractivity contribution in [1.29, 1.82) is 0 Å². The number of hydrogen-bond donors (Lipinski definition) is 3. The van der Waals surface area contributed by atoms with Crippen LogP contribution in [0.5, 0.6) is 0 Å². The summed E-state index contributed by atoms with van der Waals surface area (Å²) in [5.41, 5.74) is 3.98. The third kappa shape index (κ3) is 2.60. The number of furan rings is 1. The van der Waals surface area contributed by atoms with E-state index in [9.17, 15) is 9.59 Å². The first kappa shape index (κ1) is 12.3. The number of hydrogen-bond acceptors (Lipinski definition) is 4. The number of carboxylic acids is 1. The highest BCUT2D eigenvalue weighted by Crippen LogP contribution is 2.09. The molecule has 1 aromatic heterocycles. The van der Waals surface area contributed by atoms with Crippen molar-refractivity contribution >= 4 is 11.9 Å². The van der Waals surface area contributed by atoms with Crippen molar-refractivity contribution in [2.45, 2.75) is 25.9 Å². The molecule has 4 N–H and O–H groups in total. The van der Waals surface area contributed by atoms with Gasteiger partial charge in [0.15, 0.2) is 5.76 Å². The maximum atomic E-state index is 11.6. The third-order valence-electron chi connectivity index (χ3n) is 2.05. The fourth-order valence-electron chi connectivity index (χ4n) is 1.01. The predicted octanol–water partition coefficient (Wildman–Crippen LogP) is 0.331. The third-order valence-corrected chi connectivity index (χ3v) is 2.05. The van der Waals surface area contributed by atoms with Gasteiger partial charge in [0, 0.05) is 0 Å². The second-order valence-corrected chi connectivity index (χ2v) is 3.85. The molecule has 88 valence electrons. The van der Waals surface area contributed by atoms with E-state index in [1.807, 2.05) is 0 Å². The summed E-state index contributed by atoms with van der Waals surface area (Å²) in [6.45, 7) is 2.97. The van der Waals surface area contributed by atoms with Gasteiger partial charge in [0.25, 0.3) is 5.91 Å². The molecule has 0 saturated heterocycles. The Morgan fingerprint density at radius 1 is 1.50 bits per heavy atom. The van der Waals surface area contributed by atoms with Crippen LogP contribution in [0.15, 0.2) is 16.5 Å². The first-order chi connectivity index (χ1) is 7.36. The number of nitrogens with one attached hydrogen (secondary N) is 1. The van der Waals surface area contributed by atoms with E-state index in [1.54, 1.807) is 6.07 Å². The van der Waals surface area contributed by atoms with Gasteiger partial charge in [-0.15, -0.1) is 0 Å². The van der Waals surface area contributed by atoms with Crippen LogP contribution >= 0.6 is 0 Å². The molecule has 6 heteroatoms. The number of amides is 1. The topological polar surface area (TPSA) is 106 Å². The summed E-state index contributed by atoms with van der Waals surface area (Å²) in [6.07, 6.45) is 0. The van der Waals surface area contributed by atoms with Gasteiger partial charge in [0.1, 0.15) is 11.3 Å². The molecule has 0 aliphatic carbocycles. The van der Waals surface area contributed by atoms with Crippen LogP contribution in [0.3, 0.4) is 0 Å². The fourth-order valence-corrected chi connectivity index (χ4v) is 1.01. The molecule has 1 amide bonds. The lowest BCUT2D eigenvalue weighted by molar-refractivity contribution is -0.143. The number of carboxylic acid groups (broad SMARTS) is 1. The molecule has 0 aliphatic rings. The molecule has 1 aromatic rings. The highest BCUT2D eigenvalue weighted by Gasteiger charge is 2.30. The number of nitrogens with two attached hydrogens (primary N) is 1. The minimum Gasteiger partial charge on any atom is -0.480 e. The van der Waals surface area contributed by atoms with Gasteiger partial charge in [-0.2, -0.15) is 0 Å². The minimum atomic E-state index is -1.34. The van der Waals surface area contributed by atoms with E-state index in [0.29, 0.717) is 5.76 Å². The van der Waals surface area contributed by atoms with Crippen molar-refractivity contribution in [2.24, 2.45) is 5.73 Å². The lowest BCUT2D eigenvalue weighted by atomic mass is 10.1. The summed E-state index contributed by atoms with van der Waals surface area (Å²) in [7, 11) is 0. The Morgan fingerprint density at radius 3 is 2.56 bits per heavy atom. The van der Waals surface area contributed by atoms with Gasteiger partial charge in [-0.25, -0.2) is 4.79 Å². The molecule has 0 unspecified atom stereocenters. The van der Waals surface area contributed by atoms with Crippen LogP contribution in [0.25, 0.3) is 0 Å². The molecule has 16 heavy (non-hydrogen) atoms. The van der Waals surface area contributed by atoms with Crippen molar-refractivity contribution < 1.29 is 19.1 Å². The van der Waals surface area contributed by atoms with Gasteiger partial charge in [-0.1, -0.05) is 0 Å². The van der Waals surface area contributed by atoms with Gasteiger partial charge >= 0.3 is 5.97 Å². The maximum absolute atomic E-state index is 11.6. The average Bonchev–Trinajstić information content (AvgIpc) is 2.64. The molecule has 0 spiro atoms. The summed E-state index contributed by atoms with van der Waals surface area (Å²) >= 11 is 0.